The Morgan fingerprint density at radius 1 is 1.29 bits per heavy atom. The van der Waals surface area contributed by atoms with Crippen molar-refractivity contribution in [2.75, 3.05) is 41.9 Å². The number of amides is 2. The summed E-state index contributed by atoms with van der Waals surface area (Å²) in [6.07, 6.45) is 1.01. The van der Waals surface area contributed by atoms with Crippen molar-refractivity contribution >= 4 is 29.3 Å². The molecule has 4 heterocycles. The van der Waals surface area contributed by atoms with Gasteiger partial charge in [0.1, 0.15) is 24.3 Å². The smallest absolute Gasteiger partial charge is 0.415 e. The molecular weight excluding hydrogens is 441 g/mol. The van der Waals surface area contributed by atoms with Crippen LogP contribution in [0.25, 0.3) is 0 Å². The zero-order valence-electron chi connectivity index (χ0n) is 18.9. The number of fused-ring (bicyclic) bond motifs is 2. The van der Waals surface area contributed by atoms with Gasteiger partial charge < -0.3 is 25.0 Å². The summed E-state index contributed by atoms with van der Waals surface area (Å²) >= 11 is 0. The number of ether oxygens (including phenoxy) is 2. The Kier molecular flexibility index (Phi) is 5.82. The van der Waals surface area contributed by atoms with Gasteiger partial charge in [-0.05, 0) is 43.1 Å². The van der Waals surface area contributed by atoms with Crippen LogP contribution >= 0.6 is 0 Å². The van der Waals surface area contributed by atoms with E-state index in [9.17, 15) is 14.0 Å². The number of halogens is 1. The molecule has 1 aromatic carbocycles. The molecule has 5 rings (SSSR count). The molecule has 3 aliphatic heterocycles. The number of rotatable bonds is 7. The van der Waals surface area contributed by atoms with Crippen LogP contribution in [0, 0.1) is 5.82 Å². The van der Waals surface area contributed by atoms with Gasteiger partial charge in [-0.1, -0.05) is 12.6 Å². The van der Waals surface area contributed by atoms with Crippen molar-refractivity contribution in [1.29, 1.82) is 0 Å². The molecule has 2 aromatic rings. The summed E-state index contributed by atoms with van der Waals surface area (Å²) in [5.74, 6) is 1.27. The van der Waals surface area contributed by atoms with E-state index in [1.54, 1.807) is 25.2 Å². The third kappa shape index (κ3) is 4.16. The fraction of sp³-hybridized carbons (Fsp3) is 0.375. The number of anilines is 3. The molecule has 2 N–H and O–H groups in total. The van der Waals surface area contributed by atoms with Gasteiger partial charge in [0.05, 0.1) is 18.7 Å². The van der Waals surface area contributed by atoms with Crippen molar-refractivity contribution < 1.29 is 23.5 Å². The van der Waals surface area contributed by atoms with Gasteiger partial charge in [0.2, 0.25) is 5.91 Å². The van der Waals surface area contributed by atoms with Crippen LogP contribution in [0.5, 0.6) is 5.75 Å². The molecule has 0 saturated carbocycles. The first-order valence-corrected chi connectivity index (χ1v) is 11.2. The fourth-order valence-electron chi connectivity index (χ4n) is 4.48. The summed E-state index contributed by atoms with van der Waals surface area (Å²) in [6.45, 7) is 5.56. The average Bonchev–Trinajstić information content (AvgIpc) is 3.33. The second-order valence-electron chi connectivity index (χ2n) is 8.63. The Balaban J connectivity index is 1.12. The van der Waals surface area contributed by atoms with Crippen LogP contribution in [0.3, 0.4) is 0 Å². The van der Waals surface area contributed by atoms with E-state index in [2.05, 4.69) is 22.2 Å². The van der Waals surface area contributed by atoms with Gasteiger partial charge in [0.25, 0.3) is 0 Å². The van der Waals surface area contributed by atoms with E-state index in [1.807, 2.05) is 0 Å². The molecule has 178 valence electrons. The van der Waals surface area contributed by atoms with Gasteiger partial charge in [-0.25, -0.2) is 14.2 Å². The Morgan fingerprint density at radius 3 is 3.00 bits per heavy atom. The lowest BCUT2D eigenvalue weighted by Gasteiger charge is -2.21. The highest BCUT2D eigenvalue weighted by Gasteiger charge is 2.33. The normalized spacial score (nSPS) is 19.0. The molecule has 0 spiro atoms. The van der Waals surface area contributed by atoms with Crippen LogP contribution in [0.15, 0.2) is 36.5 Å². The number of nitrogens with one attached hydrogen (secondary N) is 2. The zero-order valence-corrected chi connectivity index (χ0v) is 18.9. The number of nitrogens with zero attached hydrogens (tertiary/aromatic N) is 3. The van der Waals surface area contributed by atoms with Gasteiger partial charge in [-0.2, -0.15) is 0 Å². The first-order chi connectivity index (χ1) is 16.4. The van der Waals surface area contributed by atoms with E-state index < -0.39 is 6.09 Å². The minimum atomic E-state index is -0.435. The Labute approximate surface area is 196 Å². The summed E-state index contributed by atoms with van der Waals surface area (Å²) in [4.78, 5) is 31.9. The van der Waals surface area contributed by atoms with E-state index in [0.717, 1.165) is 12.0 Å². The predicted molar refractivity (Wildman–Crippen MR) is 125 cm³/mol. The maximum Gasteiger partial charge on any atom is 0.415 e. The van der Waals surface area contributed by atoms with Crippen LogP contribution in [-0.2, 0) is 22.5 Å². The third-order valence-electron chi connectivity index (χ3n) is 6.23. The van der Waals surface area contributed by atoms with E-state index in [-0.39, 0.29) is 17.8 Å². The minimum absolute atomic E-state index is 0.0314. The molecular formula is C24H26FN5O4. The number of carbonyl (C=O) groups excluding carboxylic acids is 2. The maximum absolute atomic E-state index is 14.4. The van der Waals surface area contributed by atoms with Crippen molar-refractivity contribution in [1.82, 2.24) is 10.3 Å². The minimum Gasteiger partial charge on any atom is -0.484 e. The van der Waals surface area contributed by atoms with Gasteiger partial charge in [0.15, 0.2) is 11.6 Å². The summed E-state index contributed by atoms with van der Waals surface area (Å²) < 4.78 is 25.5. The van der Waals surface area contributed by atoms with Gasteiger partial charge in [-0.15, -0.1) is 0 Å². The largest absolute Gasteiger partial charge is 0.484 e. The molecule has 1 fully saturated rings. The molecule has 9 nitrogen and oxygen atoms in total. The average molecular weight is 468 g/mol. The Morgan fingerprint density at radius 2 is 2.15 bits per heavy atom. The van der Waals surface area contributed by atoms with Crippen LogP contribution < -0.4 is 25.2 Å². The summed E-state index contributed by atoms with van der Waals surface area (Å²) in [5.41, 5.74) is 2.72. The summed E-state index contributed by atoms with van der Waals surface area (Å²) in [5, 5.41) is 6.32. The lowest BCUT2D eigenvalue weighted by Crippen LogP contribution is -2.27. The molecule has 0 bridgehead atoms. The molecule has 1 atom stereocenters. The maximum atomic E-state index is 14.4. The molecule has 2 amide bonds. The van der Waals surface area contributed by atoms with Crippen molar-refractivity contribution in [3.63, 3.8) is 0 Å². The standard InChI is InChI=1S/C24H26FN5O4/c1-14-13-33-19-7-8-20(28-23(19)27-14)30-12-16(34-24(30)32)4-3-9-26-11-17-18(25)6-5-15-10-21(31)29(2)22(15)17/h5-8,16,26H,1,3-4,9-13H2,2H3,(H,27,28). The van der Waals surface area contributed by atoms with Crippen molar-refractivity contribution in [3.05, 3.63) is 53.5 Å². The first-order valence-electron chi connectivity index (χ1n) is 11.2. The number of cyclic esters (lactones) is 1. The molecule has 34 heavy (non-hydrogen) atoms. The number of pyridine rings is 1. The highest BCUT2D eigenvalue weighted by Crippen LogP contribution is 2.34. The number of hydrogen-bond acceptors (Lipinski definition) is 7. The van der Waals surface area contributed by atoms with Crippen LogP contribution in [0.2, 0.25) is 0 Å². The van der Waals surface area contributed by atoms with E-state index >= 15 is 0 Å². The molecule has 0 aliphatic carbocycles. The van der Waals surface area contributed by atoms with Crippen LogP contribution in [-0.4, -0.2) is 49.8 Å². The Hall–Kier alpha value is -3.66. The SMILES string of the molecule is C=C1COc2ccc(N3CC(CCCNCc4c(F)ccc5c4N(C)C(=O)C5)OC3=O)nc2N1. The number of carbonyl (C=O) groups is 2. The number of likely N-dealkylation sites (N-methyl/N-ethyl adjacent to an activating group) is 1. The van der Waals surface area contributed by atoms with E-state index in [1.165, 1.54) is 15.9 Å². The van der Waals surface area contributed by atoms with E-state index in [0.29, 0.717) is 73.4 Å². The second-order valence-corrected chi connectivity index (χ2v) is 8.63. The van der Waals surface area contributed by atoms with Crippen LogP contribution in [0.4, 0.5) is 26.5 Å². The molecule has 10 heteroatoms. The fourth-order valence-corrected chi connectivity index (χ4v) is 4.48. The number of aromatic nitrogens is 1. The monoisotopic (exact) mass is 467 g/mol. The molecule has 1 aromatic heterocycles. The van der Waals surface area contributed by atoms with Crippen molar-refractivity contribution in [3.8, 4) is 5.75 Å². The topological polar surface area (TPSA) is 96.0 Å². The van der Waals surface area contributed by atoms with Gasteiger partial charge in [0, 0.05) is 24.9 Å². The molecule has 3 aliphatic rings. The Bertz CT molecular complexity index is 1170. The second kappa shape index (κ2) is 8.94. The lowest BCUT2D eigenvalue weighted by atomic mass is 10.1. The van der Waals surface area contributed by atoms with Crippen molar-refractivity contribution in [2.45, 2.75) is 31.9 Å². The van der Waals surface area contributed by atoms with Gasteiger partial charge >= 0.3 is 6.09 Å². The highest BCUT2D eigenvalue weighted by atomic mass is 19.1. The quantitative estimate of drug-likeness (QED) is 0.605. The summed E-state index contributed by atoms with van der Waals surface area (Å²) in [6, 6.07) is 6.59. The first kappa shape index (κ1) is 22.1. The van der Waals surface area contributed by atoms with Gasteiger partial charge in [-0.3, -0.25) is 9.69 Å². The highest BCUT2D eigenvalue weighted by molar-refractivity contribution is 6.01. The van der Waals surface area contributed by atoms with Crippen molar-refractivity contribution in [2.24, 2.45) is 0 Å². The number of hydrogen-bond donors (Lipinski definition) is 2. The number of benzene rings is 1. The lowest BCUT2D eigenvalue weighted by molar-refractivity contribution is -0.117. The predicted octanol–water partition coefficient (Wildman–Crippen LogP) is 2.95. The molecule has 0 radical (unpaired) electrons. The van der Waals surface area contributed by atoms with Crippen LogP contribution in [0.1, 0.15) is 24.0 Å². The zero-order chi connectivity index (χ0) is 23.8. The molecule has 1 saturated heterocycles. The molecule has 1 unspecified atom stereocenters. The third-order valence-corrected chi connectivity index (χ3v) is 6.23. The van der Waals surface area contributed by atoms with E-state index in [4.69, 9.17) is 9.47 Å². The summed E-state index contributed by atoms with van der Waals surface area (Å²) in [7, 11) is 1.67.